The van der Waals surface area contributed by atoms with Gasteiger partial charge >= 0.3 is 0 Å². The Kier molecular flexibility index (Phi) is 5.75. The molecule has 2 nitrogen and oxygen atoms in total. The number of amides is 1. The minimum Gasteiger partial charge on any atom is -0.313 e. The monoisotopic (exact) mass is 233 g/mol. The fourth-order valence-corrected chi connectivity index (χ4v) is 2.06. The molecule has 0 aromatic carbocycles. The summed E-state index contributed by atoms with van der Waals surface area (Å²) in [4.78, 5) is 13.8. The fraction of sp³-hybridized carbons (Fsp3) is 0.533. The maximum absolute atomic E-state index is 11.9. The van der Waals surface area contributed by atoms with Crippen LogP contribution in [0.2, 0.25) is 0 Å². The maximum atomic E-state index is 11.9. The normalized spacial score (nSPS) is 16.5. The zero-order chi connectivity index (χ0) is 12.7. The number of carbonyl (C=O) groups excluding carboxylic acids is 1. The molecule has 0 atom stereocenters. The van der Waals surface area contributed by atoms with Crippen molar-refractivity contribution < 1.29 is 4.79 Å². The fourth-order valence-electron chi connectivity index (χ4n) is 2.06. The largest absolute Gasteiger partial charge is 0.313 e. The van der Waals surface area contributed by atoms with Gasteiger partial charge in [-0.1, -0.05) is 24.8 Å². The Hall–Kier alpha value is -1.31. The van der Waals surface area contributed by atoms with E-state index < -0.39 is 0 Å². The number of hydrogen-bond donors (Lipinski definition) is 0. The van der Waals surface area contributed by atoms with Crippen molar-refractivity contribution in [2.45, 2.75) is 46.0 Å². The third-order valence-corrected chi connectivity index (χ3v) is 2.96. The summed E-state index contributed by atoms with van der Waals surface area (Å²) in [6, 6.07) is 0. The van der Waals surface area contributed by atoms with Gasteiger partial charge in [0.2, 0.25) is 5.91 Å². The van der Waals surface area contributed by atoms with E-state index in [1.54, 1.807) is 0 Å². The molecule has 0 saturated heterocycles. The van der Waals surface area contributed by atoms with Gasteiger partial charge in [0.15, 0.2) is 0 Å². The molecule has 1 rings (SSSR count). The first kappa shape index (κ1) is 13.8. The Morgan fingerprint density at radius 1 is 1.53 bits per heavy atom. The summed E-state index contributed by atoms with van der Waals surface area (Å²) < 4.78 is 0. The Morgan fingerprint density at radius 2 is 2.29 bits per heavy atom. The summed E-state index contributed by atoms with van der Waals surface area (Å²) in [5.74, 6) is 0.247. The van der Waals surface area contributed by atoms with Crippen molar-refractivity contribution in [2.24, 2.45) is 0 Å². The second-order valence-electron chi connectivity index (χ2n) is 4.52. The molecule has 0 N–H and O–H groups in total. The molecule has 0 radical (unpaired) electrons. The molecule has 1 heterocycles. The lowest BCUT2D eigenvalue weighted by molar-refractivity contribution is -0.129. The highest BCUT2D eigenvalue weighted by Gasteiger charge is 2.20. The van der Waals surface area contributed by atoms with E-state index in [0.717, 1.165) is 43.5 Å². The van der Waals surface area contributed by atoms with Crippen molar-refractivity contribution in [3.8, 4) is 0 Å². The molecule has 17 heavy (non-hydrogen) atoms. The lowest BCUT2D eigenvalue weighted by atomic mass is 10.1. The van der Waals surface area contributed by atoms with Crippen LogP contribution in [0.15, 0.2) is 36.1 Å². The van der Waals surface area contributed by atoms with Crippen molar-refractivity contribution in [3.63, 3.8) is 0 Å². The van der Waals surface area contributed by atoms with Gasteiger partial charge in [-0.2, -0.15) is 0 Å². The van der Waals surface area contributed by atoms with Crippen LogP contribution in [-0.4, -0.2) is 17.4 Å². The first-order chi connectivity index (χ1) is 8.16. The smallest absolute Gasteiger partial charge is 0.227 e. The quantitative estimate of drug-likeness (QED) is 0.504. The highest BCUT2D eigenvalue weighted by Crippen LogP contribution is 2.22. The minimum atomic E-state index is 0.247. The van der Waals surface area contributed by atoms with E-state index in [2.05, 4.69) is 24.8 Å². The van der Waals surface area contributed by atoms with Gasteiger partial charge in [-0.05, 0) is 45.1 Å². The van der Waals surface area contributed by atoms with Crippen LogP contribution in [0.3, 0.4) is 0 Å². The Balaban J connectivity index is 2.48. The van der Waals surface area contributed by atoms with E-state index in [4.69, 9.17) is 0 Å². The lowest BCUT2D eigenvalue weighted by Crippen LogP contribution is -2.33. The predicted molar refractivity (Wildman–Crippen MR) is 72.5 cm³/mol. The Morgan fingerprint density at radius 3 is 2.94 bits per heavy atom. The third kappa shape index (κ3) is 4.22. The molecular formula is C15H23NO. The van der Waals surface area contributed by atoms with E-state index in [1.807, 2.05) is 18.7 Å². The van der Waals surface area contributed by atoms with Crippen LogP contribution in [0.1, 0.15) is 46.0 Å². The first-order valence-corrected chi connectivity index (χ1v) is 6.44. The van der Waals surface area contributed by atoms with Gasteiger partial charge in [-0.3, -0.25) is 4.79 Å². The molecule has 0 aromatic rings. The zero-order valence-electron chi connectivity index (χ0n) is 11.0. The molecular weight excluding hydrogens is 210 g/mol. The van der Waals surface area contributed by atoms with Crippen molar-refractivity contribution >= 4 is 5.91 Å². The lowest BCUT2D eigenvalue weighted by Gasteiger charge is -2.29. The van der Waals surface area contributed by atoms with E-state index >= 15 is 0 Å². The zero-order valence-corrected chi connectivity index (χ0v) is 11.0. The van der Waals surface area contributed by atoms with Gasteiger partial charge in [0, 0.05) is 18.7 Å². The molecule has 1 amide bonds. The molecule has 0 aromatic heterocycles. The summed E-state index contributed by atoms with van der Waals surface area (Å²) in [6.45, 7) is 8.78. The van der Waals surface area contributed by atoms with Crippen molar-refractivity contribution in [1.29, 1.82) is 0 Å². The van der Waals surface area contributed by atoms with Crippen LogP contribution in [-0.2, 0) is 4.79 Å². The van der Waals surface area contributed by atoms with Crippen LogP contribution in [0.4, 0.5) is 0 Å². The molecule has 0 bridgehead atoms. The van der Waals surface area contributed by atoms with Gasteiger partial charge in [0.05, 0.1) is 0 Å². The topological polar surface area (TPSA) is 20.3 Å². The van der Waals surface area contributed by atoms with Crippen molar-refractivity contribution in [1.82, 2.24) is 4.90 Å². The van der Waals surface area contributed by atoms with E-state index in [0.29, 0.717) is 6.42 Å². The minimum absolute atomic E-state index is 0.247. The number of carbonyl (C=O) groups is 1. The molecule has 0 fully saturated rings. The van der Waals surface area contributed by atoms with Crippen molar-refractivity contribution in [2.75, 3.05) is 6.54 Å². The molecule has 2 heteroatoms. The molecule has 0 spiro atoms. The Bertz CT molecular complexity index is 339. The highest BCUT2D eigenvalue weighted by atomic mass is 16.2. The molecule has 1 aliphatic heterocycles. The number of nitrogens with zero attached hydrogens (tertiary/aromatic N) is 1. The standard InChI is InChI=1S/C15H23NO/c1-4-5-6-7-8-12-16-14(13(2)3)10-9-11-15(16)17/h4-5,10H,2,6-9,11-12H2,1,3H3/b5-4+. The van der Waals surface area contributed by atoms with E-state index in [9.17, 15) is 4.79 Å². The highest BCUT2D eigenvalue weighted by molar-refractivity contribution is 5.80. The summed E-state index contributed by atoms with van der Waals surface area (Å²) in [5.41, 5.74) is 2.03. The summed E-state index contributed by atoms with van der Waals surface area (Å²) in [6.07, 6.45) is 11.2. The van der Waals surface area contributed by atoms with Gasteiger partial charge in [0.25, 0.3) is 0 Å². The van der Waals surface area contributed by atoms with Gasteiger partial charge in [-0.15, -0.1) is 0 Å². The molecule has 1 aliphatic rings. The van der Waals surface area contributed by atoms with Crippen LogP contribution in [0.5, 0.6) is 0 Å². The van der Waals surface area contributed by atoms with E-state index in [-0.39, 0.29) is 5.91 Å². The van der Waals surface area contributed by atoms with Gasteiger partial charge in [-0.25, -0.2) is 0 Å². The third-order valence-electron chi connectivity index (χ3n) is 2.96. The molecule has 0 unspecified atom stereocenters. The maximum Gasteiger partial charge on any atom is 0.227 e. The van der Waals surface area contributed by atoms with Gasteiger partial charge in [0.1, 0.15) is 0 Å². The van der Waals surface area contributed by atoms with Crippen LogP contribution in [0.25, 0.3) is 0 Å². The van der Waals surface area contributed by atoms with Gasteiger partial charge < -0.3 is 4.90 Å². The molecule has 0 saturated carbocycles. The number of rotatable bonds is 6. The predicted octanol–water partition coefficient (Wildman–Crippen LogP) is 3.82. The average molecular weight is 233 g/mol. The average Bonchev–Trinajstić information content (AvgIpc) is 2.30. The Labute approximate surface area is 105 Å². The van der Waals surface area contributed by atoms with Crippen molar-refractivity contribution in [3.05, 3.63) is 36.1 Å². The second-order valence-corrected chi connectivity index (χ2v) is 4.52. The number of allylic oxidation sites excluding steroid dienone is 4. The SMILES string of the molecule is C=C(C)C1=CCCC(=O)N1CCCC/C=C/C. The number of hydrogen-bond acceptors (Lipinski definition) is 1. The summed E-state index contributed by atoms with van der Waals surface area (Å²) >= 11 is 0. The molecule has 0 aliphatic carbocycles. The first-order valence-electron chi connectivity index (χ1n) is 6.44. The van der Waals surface area contributed by atoms with Crippen LogP contribution < -0.4 is 0 Å². The van der Waals surface area contributed by atoms with Crippen LogP contribution in [0, 0.1) is 0 Å². The molecule has 94 valence electrons. The van der Waals surface area contributed by atoms with Crippen LogP contribution >= 0.6 is 0 Å². The number of unbranched alkanes of at least 4 members (excludes halogenated alkanes) is 2. The second kappa shape index (κ2) is 7.10. The van der Waals surface area contributed by atoms with E-state index in [1.165, 1.54) is 0 Å². The summed E-state index contributed by atoms with van der Waals surface area (Å²) in [5, 5.41) is 0. The summed E-state index contributed by atoms with van der Waals surface area (Å²) in [7, 11) is 0.